The summed E-state index contributed by atoms with van der Waals surface area (Å²) in [6.07, 6.45) is 2.00. The normalized spacial score (nSPS) is 19.9. The fourth-order valence-corrected chi connectivity index (χ4v) is 5.50. The molecule has 0 radical (unpaired) electrons. The van der Waals surface area contributed by atoms with Crippen molar-refractivity contribution in [1.82, 2.24) is 19.4 Å². The lowest BCUT2D eigenvalue weighted by atomic mass is 9.96. The van der Waals surface area contributed by atoms with Crippen molar-refractivity contribution in [2.24, 2.45) is 13.0 Å². The number of fused-ring (bicyclic) bond motifs is 1. The lowest BCUT2D eigenvalue weighted by molar-refractivity contribution is -0.137. The molecule has 0 bridgehead atoms. The summed E-state index contributed by atoms with van der Waals surface area (Å²) in [6.45, 7) is 5.53. The van der Waals surface area contributed by atoms with Gasteiger partial charge in [0, 0.05) is 44.8 Å². The molecule has 8 heteroatoms. The summed E-state index contributed by atoms with van der Waals surface area (Å²) in [5, 5.41) is 1.37. The standard InChI is InChI=1S/C25H29Cl2N5O/c1-29-22-7-3-2-6-21(22)28-24(29)17-30-10-4-5-18(16-30)25(33)32-13-11-31(12-14-32)23-15-19(26)8-9-20(23)27/h2-3,6-9,15,18H,4-5,10-14,16-17H2,1H3/t18-/m1/s1. The van der Waals surface area contributed by atoms with Crippen LogP contribution in [0.4, 0.5) is 5.69 Å². The number of amides is 1. The molecule has 0 spiro atoms. The molecule has 5 rings (SSSR count). The third-order valence-corrected chi connectivity index (χ3v) is 7.49. The van der Waals surface area contributed by atoms with Gasteiger partial charge in [0.25, 0.3) is 0 Å². The number of aryl methyl sites for hydroxylation is 1. The molecular formula is C25H29Cl2N5O. The van der Waals surface area contributed by atoms with Crippen molar-refractivity contribution >= 4 is 45.8 Å². The van der Waals surface area contributed by atoms with Gasteiger partial charge in [0.15, 0.2) is 0 Å². The van der Waals surface area contributed by atoms with E-state index < -0.39 is 0 Å². The van der Waals surface area contributed by atoms with Crippen LogP contribution in [0.3, 0.4) is 0 Å². The minimum absolute atomic E-state index is 0.0507. The average Bonchev–Trinajstić information content (AvgIpc) is 3.15. The Kier molecular flexibility index (Phi) is 6.50. The van der Waals surface area contributed by atoms with Crippen LogP contribution in [0.1, 0.15) is 18.7 Å². The van der Waals surface area contributed by atoms with Gasteiger partial charge in [0.05, 0.1) is 34.2 Å². The number of nitrogens with zero attached hydrogens (tertiary/aromatic N) is 5. The van der Waals surface area contributed by atoms with E-state index in [0.29, 0.717) is 23.1 Å². The second-order valence-electron chi connectivity index (χ2n) is 9.06. The highest BCUT2D eigenvalue weighted by Gasteiger charge is 2.31. The highest BCUT2D eigenvalue weighted by molar-refractivity contribution is 6.35. The summed E-state index contributed by atoms with van der Waals surface area (Å²) >= 11 is 12.5. The molecule has 0 aliphatic carbocycles. The minimum atomic E-state index is 0.0507. The number of benzene rings is 2. The van der Waals surface area contributed by atoms with E-state index in [1.807, 2.05) is 29.2 Å². The molecule has 3 aromatic rings. The molecule has 0 unspecified atom stereocenters. The van der Waals surface area contributed by atoms with Gasteiger partial charge in [-0.25, -0.2) is 4.98 Å². The van der Waals surface area contributed by atoms with E-state index in [9.17, 15) is 4.79 Å². The zero-order valence-electron chi connectivity index (χ0n) is 18.9. The number of likely N-dealkylation sites (tertiary alicyclic amines) is 1. The number of imidazole rings is 1. The maximum atomic E-state index is 13.3. The van der Waals surface area contributed by atoms with Gasteiger partial charge in [0.1, 0.15) is 5.82 Å². The monoisotopic (exact) mass is 485 g/mol. The number of hydrogen-bond donors (Lipinski definition) is 0. The second kappa shape index (κ2) is 9.53. The predicted molar refractivity (Wildman–Crippen MR) is 134 cm³/mol. The number of piperidine rings is 1. The molecule has 2 aliphatic rings. The van der Waals surface area contributed by atoms with Crippen LogP contribution in [0, 0.1) is 5.92 Å². The smallest absolute Gasteiger partial charge is 0.227 e. The largest absolute Gasteiger partial charge is 0.367 e. The van der Waals surface area contributed by atoms with Crippen molar-refractivity contribution in [2.45, 2.75) is 19.4 Å². The first kappa shape index (κ1) is 22.5. The fourth-order valence-electron chi connectivity index (χ4n) is 5.09. The minimum Gasteiger partial charge on any atom is -0.367 e. The Balaban J connectivity index is 1.20. The van der Waals surface area contributed by atoms with Crippen LogP contribution >= 0.6 is 23.2 Å². The van der Waals surface area contributed by atoms with E-state index in [1.165, 1.54) is 0 Å². The molecule has 2 saturated heterocycles. The van der Waals surface area contributed by atoms with Crippen LogP contribution in [0.15, 0.2) is 42.5 Å². The predicted octanol–water partition coefficient (Wildman–Crippen LogP) is 4.44. The highest BCUT2D eigenvalue weighted by atomic mass is 35.5. The van der Waals surface area contributed by atoms with Gasteiger partial charge >= 0.3 is 0 Å². The second-order valence-corrected chi connectivity index (χ2v) is 9.90. The van der Waals surface area contributed by atoms with E-state index in [2.05, 4.69) is 33.5 Å². The number of piperazine rings is 1. The van der Waals surface area contributed by atoms with Crippen LogP contribution in [0.25, 0.3) is 11.0 Å². The first-order valence-electron chi connectivity index (χ1n) is 11.6. The van der Waals surface area contributed by atoms with E-state index in [1.54, 1.807) is 6.07 Å². The summed E-state index contributed by atoms with van der Waals surface area (Å²) in [7, 11) is 2.07. The molecule has 6 nitrogen and oxygen atoms in total. The number of halogens is 2. The first-order chi connectivity index (χ1) is 16.0. The summed E-state index contributed by atoms with van der Waals surface area (Å²) in [5.74, 6) is 1.38. The molecule has 2 aromatic carbocycles. The van der Waals surface area contributed by atoms with E-state index in [-0.39, 0.29) is 11.8 Å². The third-order valence-electron chi connectivity index (χ3n) is 6.94. The van der Waals surface area contributed by atoms with Crippen LogP contribution in [-0.2, 0) is 18.4 Å². The molecule has 2 fully saturated rings. The van der Waals surface area contributed by atoms with E-state index >= 15 is 0 Å². The van der Waals surface area contributed by atoms with E-state index in [4.69, 9.17) is 28.2 Å². The topological polar surface area (TPSA) is 44.6 Å². The summed E-state index contributed by atoms with van der Waals surface area (Å²) in [5.41, 5.74) is 3.12. The molecule has 0 saturated carbocycles. The molecule has 3 heterocycles. The Labute approximate surface area is 204 Å². The first-order valence-corrected chi connectivity index (χ1v) is 12.4. The number of hydrogen-bond acceptors (Lipinski definition) is 4. The van der Waals surface area contributed by atoms with Crippen LogP contribution < -0.4 is 4.90 Å². The SMILES string of the molecule is Cn1c(CN2CCC[C@@H](C(=O)N3CCN(c4cc(Cl)ccc4Cl)CC3)C2)nc2ccccc21. The number of para-hydroxylation sites is 2. The third kappa shape index (κ3) is 4.70. The lowest BCUT2D eigenvalue weighted by Crippen LogP contribution is -2.52. The van der Waals surface area contributed by atoms with Gasteiger partial charge in [-0.15, -0.1) is 0 Å². The zero-order chi connectivity index (χ0) is 22.9. The molecule has 1 atom stereocenters. The van der Waals surface area contributed by atoms with Gasteiger partial charge in [0.2, 0.25) is 5.91 Å². The Morgan fingerprint density at radius 2 is 1.85 bits per heavy atom. The summed E-state index contributed by atoms with van der Waals surface area (Å²) in [4.78, 5) is 24.8. The Bertz CT molecular complexity index is 1150. The molecule has 2 aliphatic heterocycles. The van der Waals surface area contributed by atoms with Crippen molar-refractivity contribution in [3.8, 4) is 0 Å². The maximum Gasteiger partial charge on any atom is 0.227 e. The van der Waals surface area contributed by atoms with Gasteiger partial charge in [-0.3, -0.25) is 9.69 Å². The van der Waals surface area contributed by atoms with Gasteiger partial charge in [-0.2, -0.15) is 0 Å². The molecule has 33 heavy (non-hydrogen) atoms. The Morgan fingerprint density at radius 1 is 1.06 bits per heavy atom. The quantitative estimate of drug-likeness (QED) is 0.547. The number of anilines is 1. The molecular weight excluding hydrogens is 457 g/mol. The molecule has 174 valence electrons. The van der Waals surface area contributed by atoms with Crippen LogP contribution in [0.5, 0.6) is 0 Å². The highest BCUT2D eigenvalue weighted by Crippen LogP contribution is 2.30. The average molecular weight is 486 g/mol. The molecule has 1 amide bonds. The van der Waals surface area contributed by atoms with Crippen molar-refractivity contribution in [2.75, 3.05) is 44.2 Å². The van der Waals surface area contributed by atoms with Crippen molar-refractivity contribution in [1.29, 1.82) is 0 Å². The summed E-state index contributed by atoms with van der Waals surface area (Å²) < 4.78 is 2.17. The van der Waals surface area contributed by atoms with Gasteiger partial charge in [-0.1, -0.05) is 35.3 Å². The summed E-state index contributed by atoms with van der Waals surface area (Å²) in [6, 6.07) is 13.8. The van der Waals surface area contributed by atoms with E-state index in [0.717, 1.165) is 68.1 Å². The number of rotatable bonds is 4. The molecule has 0 N–H and O–H groups in total. The Morgan fingerprint density at radius 3 is 2.64 bits per heavy atom. The van der Waals surface area contributed by atoms with Gasteiger partial charge in [-0.05, 0) is 49.7 Å². The zero-order valence-corrected chi connectivity index (χ0v) is 20.4. The van der Waals surface area contributed by atoms with Crippen molar-refractivity contribution in [3.05, 3.63) is 58.3 Å². The molecule has 1 aromatic heterocycles. The Hall–Kier alpha value is -2.28. The van der Waals surface area contributed by atoms with Crippen molar-refractivity contribution < 1.29 is 4.79 Å². The lowest BCUT2D eigenvalue weighted by Gasteiger charge is -2.40. The van der Waals surface area contributed by atoms with Crippen LogP contribution in [-0.4, -0.2) is 64.5 Å². The van der Waals surface area contributed by atoms with Crippen LogP contribution in [0.2, 0.25) is 10.0 Å². The number of carbonyl (C=O) groups is 1. The fraction of sp³-hybridized carbons (Fsp3) is 0.440. The maximum absolute atomic E-state index is 13.3. The van der Waals surface area contributed by atoms with Crippen molar-refractivity contribution in [3.63, 3.8) is 0 Å². The number of aromatic nitrogens is 2. The van der Waals surface area contributed by atoms with Gasteiger partial charge < -0.3 is 14.4 Å². The number of carbonyl (C=O) groups excluding carboxylic acids is 1.